The molecule has 2 atom stereocenters. The summed E-state index contributed by atoms with van der Waals surface area (Å²) in [5.41, 5.74) is 7.92. The molecule has 2 N–H and O–H groups in total. The minimum atomic E-state index is -0.651. The molecular formula is C20H19Cl2FN4O3. The molecule has 7 nitrogen and oxygen atoms in total. The first-order valence-electron chi connectivity index (χ1n) is 9.20. The normalized spacial score (nSPS) is 17.3. The molecule has 2 unspecified atom stereocenters. The molecule has 3 aromatic rings. The Labute approximate surface area is 182 Å². The number of halogens is 3. The molecule has 1 aliphatic heterocycles. The molecule has 0 amide bonds. The predicted octanol–water partition coefficient (Wildman–Crippen LogP) is 4.49. The number of pyridine rings is 1. The van der Waals surface area contributed by atoms with E-state index in [4.69, 9.17) is 43.1 Å². The molecule has 2 aromatic heterocycles. The molecule has 0 saturated carbocycles. The van der Waals surface area contributed by atoms with Crippen LogP contribution in [0.5, 0.6) is 5.75 Å². The van der Waals surface area contributed by atoms with Crippen LogP contribution in [0.4, 0.5) is 10.2 Å². The number of rotatable bonds is 6. The second kappa shape index (κ2) is 8.77. The third-order valence-corrected chi connectivity index (χ3v) is 5.43. The van der Waals surface area contributed by atoms with Crippen LogP contribution in [0.15, 0.2) is 36.8 Å². The molecule has 3 heterocycles. The average molecular weight is 453 g/mol. The third-order valence-electron chi connectivity index (χ3n) is 4.72. The van der Waals surface area contributed by atoms with Gasteiger partial charge in [0.25, 0.3) is 0 Å². The van der Waals surface area contributed by atoms with Gasteiger partial charge in [-0.25, -0.2) is 9.37 Å². The van der Waals surface area contributed by atoms with Crippen LogP contribution in [0.2, 0.25) is 10.0 Å². The monoisotopic (exact) mass is 452 g/mol. The van der Waals surface area contributed by atoms with Gasteiger partial charge in [0.15, 0.2) is 11.6 Å². The summed E-state index contributed by atoms with van der Waals surface area (Å²) in [6.07, 6.45) is 4.55. The van der Waals surface area contributed by atoms with Gasteiger partial charge in [-0.2, -0.15) is 5.10 Å². The number of nitrogens with zero attached hydrogens (tertiary/aromatic N) is 3. The van der Waals surface area contributed by atoms with Crippen molar-refractivity contribution in [2.24, 2.45) is 0 Å². The van der Waals surface area contributed by atoms with Gasteiger partial charge < -0.3 is 19.9 Å². The molecule has 30 heavy (non-hydrogen) atoms. The molecule has 0 bridgehead atoms. The van der Waals surface area contributed by atoms with E-state index in [1.807, 2.05) is 6.20 Å². The SMILES string of the molecule is CC(Oc1cc(-c2cnn(CC3COCO3)c2)cnc1N)c1c(Cl)ccc(F)c1Cl. The molecule has 158 valence electrons. The zero-order valence-electron chi connectivity index (χ0n) is 16.0. The van der Waals surface area contributed by atoms with Gasteiger partial charge >= 0.3 is 0 Å². The molecule has 0 spiro atoms. The van der Waals surface area contributed by atoms with Crippen LogP contribution in [0.1, 0.15) is 18.6 Å². The first-order valence-corrected chi connectivity index (χ1v) is 9.95. The zero-order chi connectivity index (χ0) is 21.3. The lowest BCUT2D eigenvalue weighted by Crippen LogP contribution is -2.18. The van der Waals surface area contributed by atoms with E-state index in [2.05, 4.69) is 10.1 Å². The van der Waals surface area contributed by atoms with Crippen molar-refractivity contribution in [3.8, 4) is 16.9 Å². The predicted molar refractivity (Wildman–Crippen MR) is 111 cm³/mol. The van der Waals surface area contributed by atoms with Crippen LogP contribution in [0.3, 0.4) is 0 Å². The van der Waals surface area contributed by atoms with Gasteiger partial charge in [-0.05, 0) is 25.1 Å². The van der Waals surface area contributed by atoms with Crippen LogP contribution >= 0.6 is 23.2 Å². The van der Waals surface area contributed by atoms with Crippen molar-refractivity contribution in [2.75, 3.05) is 19.1 Å². The highest BCUT2D eigenvalue weighted by atomic mass is 35.5. The van der Waals surface area contributed by atoms with Gasteiger partial charge in [0, 0.05) is 34.1 Å². The smallest absolute Gasteiger partial charge is 0.166 e. The van der Waals surface area contributed by atoms with E-state index in [0.717, 1.165) is 11.1 Å². The summed E-state index contributed by atoms with van der Waals surface area (Å²) in [7, 11) is 0. The van der Waals surface area contributed by atoms with Crippen molar-refractivity contribution in [1.82, 2.24) is 14.8 Å². The largest absolute Gasteiger partial charge is 0.482 e. The number of hydrogen-bond acceptors (Lipinski definition) is 6. The number of benzene rings is 1. The Morgan fingerprint density at radius 1 is 1.33 bits per heavy atom. The summed E-state index contributed by atoms with van der Waals surface area (Å²) in [6.45, 7) is 3.14. The second-order valence-electron chi connectivity index (χ2n) is 6.85. The highest BCUT2D eigenvalue weighted by Gasteiger charge is 2.21. The van der Waals surface area contributed by atoms with Crippen LogP contribution in [-0.2, 0) is 16.0 Å². The molecule has 1 saturated heterocycles. The Bertz CT molecular complexity index is 1060. The van der Waals surface area contributed by atoms with E-state index < -0.39 is 11.9 Å². The van der Waals surface area contributed by atoms with E-state index in [9.17, 15) is 4.39 Å². The van der Waals surface area contributed by atoms with Crippen molar-refractivity contribution in [3.63, 3.8) is 0 Å². The number of hydrogen-bond donors (Lipinski definition) is 1. The van der Waals surface area contributed by atoms with Gasteiger partial charge in [0.2, 0.25) is 0 Å². The van der Waals surface area contributed by atoms with Gasteiger partial charge in [0.1, 0.15) is 24.8 Å². The Morgan fingerprint density at radius 3 is 2.93 bits per heavy atom. The van der Waals surface area contributed by atoms with Crippen LogP contribution in [0.25, 0.3) is 11.1 Å². The fourth-order valence-corrected chi connectivity index (χ4v) is 3.85. The molecule has 4 rings (SSSR count). The summed E-state index contributed by atoms with van der Waals surface area (Å²) in [5.74, 6) is -0.0507. The van der Waals surface area contributed by atoms with Gasteiger partial charge in [-0.15, -0.1) is 0 Å². The van der Waals surface area contributed by atoms with E-state index in [1.165, 1.54) is 12.1 Å². The number of nitrogens with two attached hydrogens (primary N) is 1. The van der Waals surface area contributed by atoms with Crippen LogP contribution in [0, 0.1) is 5.82 Å². The maximum Gasteiger partial charge on any atom is 0.166 e. The molecule has 0 radical (unpaired) electrons. The van der Waals surface area contributed by atoms with Gasteiger partial charge in [0.05, 0.1) is 24.4 Å². The Morgan fingerprint density at radius 2 is 2.17 bits per heavy atom. The Balaban J connectivity index is 1.55. The van der Waals surface area contributed by atoms with E-state index in [-0.39, 0.29) is 16.9 Å². The van der Waals surface area contributed by atoms with E-state index in [0.29, 0.717) is 36.3 Å². The molecule has 0 aliphatic carbocycles. The topological polar surface area (TPSA) is 84.4 Å². The van der Waals surface area contributed by atoms with Crippen molar-refractivity contribution >= 4 is 29.0 Å². The molecule has 10 heteroatoms. The summed E-state index contributed by atoms with van der Waals surface area (Å²) in [5, 5.41) is 4.57. The number of ether oxygens (including phenoxy) is 3. The average Bonchev–Trinajstić information content (AvgIpc) is 3.39. The first kappa shape index (κ1) is 20.9. The Kier molecular flexibility index (Phi) is 6.10. The van der Waals surface area contributed by atoms with E-state index >= 15 is 0 Å². The third kappa shape index (κ3) is 4.37. The second-order valence-corrected chi connectivity index (χ2v) is 7.64. The highest BCUT2D eigenvalue weighted by molar-refractivity contribution is 6.36. The summed E-state index contributed by atoms with van der Waals surface area (Å²) in [6, 6.07) is 4.39. The highest BCUT2D eigenvalue weighted by Crippen LogP contribution is 2.36. The quantitative estimate of drug-likeness (QED) is 0.554. The summed E-state index contributed by atoms with van der Waals surface area (Å²) >= 11 is 12.3. The van der Waals surface area contributed by atoms with Crippen molar-refractivity contribution < 1.29 is 18.6 Å². The lowest BCUT2D eigenvalue weighted by Gasteiger charge is -2.19. The molecule has 1 fully saturated rings. The van der Waals surface area contributed by atoms with E-state index in [1.54, 1.807) is 30.1 Å². The number of nitrogen functional groups attached to an aromatic ring is 1. The minimum Gasteiger partial charge on any atom is -0.482 e. The van der Waals surface area contributed by atoms with Crippen molar-refractivity contribution in [2.45, 2.75) is 25.7 Å². The van der Waals surface area contributed by atoms with Crippen molar-refractivity contribution in [3.05, 3.63) is 58.2 Å². The molecule has 1 aliphatic rings. The lowest BCUT2D eigenvalue weighted by molar-refractivity contribution is 0.0413. The first-order chi connectivity index (χ1) is 14.4. The maximum atomic E-state index is 13.9. The minimum absolute atomic E-state index is 0.0252. The Hall–Kier alpha value is -2.39. The van der Waals surface area contributed by atoms with Crippen LogP contribution in [-0.4, -0.2) is 34.3 Å². The lowest BCUT2D eigenvalue weighted by atomic mass is 10.1. The standard InChI is InChI=1S/C20H19Cl2FN4O3/c1-11(18-15(21)2-3-16(23)19(18)22)30-17-4-12(5-25-20(17)24)13-6-26-27(7-13)8-14-9-28-10-29-14/h2-7,11,14H,8-10H2,1H3,(H2,24,25). The number of anilines is 1. The maximum absolute atomic E-state index is 13.9. The summed E-state index contributed by atoms with van der Waals surface area (Å²) in [4.78, 5) is 4.21. The fourth-order valence-electron chi connectivity index (χ4n) is 3.17. The van der Waals surface area contributed by atoms with Gasteiger partial charge in [-0.1, -0.05) is 23.2 Å². The van der Waals surface area contributed by atoms with Crippen molar-refractivity contribution in [1.29, 1.82) is 0 Å². The number of aromatic nitrogens is 3. The summed E-state index contributed by atoms with van der Waals surface area (Å²) < 4.78 is 32.2. The van der Waals surface area contributed by atoms with Gasteiger partial charge in [-0.3, -0.25) is 4.68 Å². The van der Waals surface area contributed by atoms with Crippen LogP contribution < -0.4 is 10.5 Å². The zero-order valence-corrected chi connectivity index (χ0v) is 17.5. The molecule has 1 aromatic carbocycles. The fraction of sp³-hybridized carbons (Fsp3) is 0.300. The molecular weight excluding hydrogens is 434 g/mol.